The highest BCUT2D eigenvalue weighted by atomic mass is 16.6. The van der Waals surface area contributed by atoms with Gasteiger partial charge in [0, 0.05) is 19.2 Å². The summed E-state index contributed by atoms with van der Waals surface area (Å²) < 4.78 is 10.3. The largest absolute Gasteiger partial charge is 0.493 e. The summed E-state index contributed by atoms with van der Waals surface area (Å²) in [5.41, 5.74) is 0.485. The zero-order chi connectivity index (χ0) is 14.7. The lowest BCUT2D eigenvalue weighted by molar-refractivity contribution is -0.384. The van der Waals surface area contributed by atoms with Crippen molar-refractivity contribution in [1.82, 2.24) is 0 Å². The highest BCUT2D eigenvalue weighted by molar-refractivity contribution is 5.70. The van der Waals surface area contributed by atoms with E-state index in [0.29, 0.717) is 43.1 Å². The lowest BCUT2D eigenvalue weighted by atomic mass is 10.1. The zero-order valence-electron chi connectivity index (χ0n) is 11.5. The second kappa shape index (κ2) is 5.96. The average Bonchev–Trinajstić information content (AvgIpc) is 2.46. The molecule has 1 heterocycles. The molecule has 1 N–H and O–H groups in total. The van der Waals surface area contributed by atoms with E-state index in [1.807, 2.05) is 4.90 Å². The van der Waals surface area contributed by atoms with Crippen molar-refractivity contribution in [3.8, 4) is 11.5 Å². The SMILES string of the molecule is COc1cc(N2CCC(O)CC2)c([N+](=O)[O-])cc1OC. The van der Waals surface area contributed by atoms with E-state index in [-0.39, 0.29) is 11.8 Å². The third kappa shape index (κ3) is 2.77. The Bertz CT molecular complexity index is 498. The lowest BCUT2D eigenvalue weighted by Gasteiger charge is -2.31. The van der Waals surface area contributed by atoms with E-state index in [1.54, 1.807) is 6.07 Å². The summed E-state index contributed by atoms with van der Waals surface area (Å²) in [5.74, 6) is 0.791. The van der Waals surface area contributed by atoms with Crippen LogP contribution in [-0.2, 0) is 0 Å². The maximum Gasteiger partial charge on any atom is 0.296 e. The predicted molar refractivity (Wildman–Crippen MR) is 73.7 cm³/mol. The number of aliphatic hydroxyl groups is 1. The maximum atomic E-state index is 11.2. The first-order chi connectivity index (χ1) is 9.56. The van der Waals surface area contributed by atoms with E-state index >= 15 is 0 Å². The summed E-state index contributed by atoms with van der Waals surface area (Å²) in [4.78, 5) is 12.7. The number of benzene rings is 1. The molecule has 0 amide bonds. The van der Waals surface area contributed by atoms with Crippen LogP contribution in [0.5, 0.6) is 11.5 Å². The van der Waals surface area contributed by atoms with Crippen LogP contribution >= 0.6 is 0 Å². The van der Waals surface area contributed by atoms with Crippen molar-refractivity contribution in [3.63, 3.8) is 0 Å². The van der Waals surface area contributed by atoms with Crippen LogP contribution in [0.15, 0.2) is 12.1 Å². The predicted octanol–water partition coefficient (Wildman–Crippen LogP) is 1.57. The van der Waals surface area contributed by atoms with Gasteiger partial charge in [-0.05, 0) is 12.8 Å². The number of aliphatic hydroxyl groups excluding tert-OH is 1. The van der Waals surface area contributed by atoms with Crippen LogP contribution in [0.3, 0.4) is 0 Å². The van der Waals surface area contributed by atoms with Crippen molar-refractivity contribution in [2.45, 2.75) is 18.9 Å². The molecule has 1 aliphatic heterocycles. The Morgan fingerprint density at radius 1 is 1.25 bits per heavy atom. The molecule has 0 atom stereocenters. The van der Waals surface area contributed by atoms with E-state index < -0.39 is 4.92 Å². The van der Waals surface area contributed by atoms with Gasteiger partial charge in [0.25, 0.3) is 5.69 Å². The second-order valence-electron chi connectivity index (χ2n) is 4.67. The summed E-state index contributed by atoms with van der Waals surface area (Å²) in [7, 11) is 2.94. The Hall–Kier alpha value is -2.02. The normalized spacial score (nSPS) is 16.1. The molecule has 1 fully saturated rings. The van der Waals surface area contributed by atoms with Gasteiger partial charge in [0.15, 0.2) is 11.5 Å². The van der Waals surface area contributed by atoms with Gasteiger partial charge >= 0.3 is 0 Å². The molecule has 0 spiro atoms. The van der Waals surface area contributed by atoms with Crippen LogP contribution in [0.1, 0.15) is 12.8 Å². The minimum atomic E-state index is -0.428. The van der Waals surface area contributed by atoms with E-state index in [0.717, 1.165) is 0 Å². The molecular weight excluding hydrogens is 264 g/mol. The molecule has 20 heavy (non-hydrogen) atoms. The minimum Gasteiger partial charge on any atom is -0.493 e. The molecule has 2 rings (SSSR count). The van der Waals surface area contributed by atoms with Crippen molar-refractivity contribution >= 4 is 11.4 Å². The van der Waals surface area contributed by atoms with Gasteiger partial charge in [-0.2, -0.15) is 0 Å². The topological polar surface area (TPSA) is 85.1 Å². The molecule has 0 saturated carbocycles. The van der Waals surface area contributed by atoms with Crippen molar-refractivity contribution in [1.29, 1.82) is 0 Å². The monoisotopic (exact) mass is 282 g/mol. The van der Waals surface area contributed by atoms with E-state index in [2.05, 4.69) is 0 Å². The van der Waals surface area contributed by atoms with Crippen LogP contribution < -0.4 is 14.4 Å². The summed E-state index contributed by atoms with van der Waals surface area (Å²) >= 11 is 0. The first-order valence-corrected chi connectivity index (χ1v) is 6.40. The quantitative estimate of drug-likeness (QED) is 0.666. The standard InChI is InChI=1S/C13H18N2O5/c1-19-12-7-10(14-5-3-9(16)4-6-14)11(15(17)18)8-13(12)20-2/h7-9,16H,3-6H2,1-2H3. The van der Waals surface area contributed by atoms with Gasteiger partial charge in [0.05, 0.1) is 31.3 Å². The summed E-state index contributed by atoms with van der Waals surface area (Å²) in [5, 5.41) is 20.8. The molecule has 110 valence electrons. The first kappa shape index (κ1) is 14.4. The van der Waals surface area contributed by atoms with Crippen molar-refractivity contribution in [2.24, 2.45) is 0 Å². The number of hydrogen-bond acceptors (Lipinski definition) is 6. The van der Waals surface area contributed by atoms with Gasteiger partial charge in [-0.1, -0.05) is 0 Å². The number of hydrogen-bond donors (Lipinski definition) is 1. The van der Waals surface area contributed by atoms with Crippen molar-refractivity contribution in [2.75, 3.05) is 32.2 Å². The Balaban J connectivity index is 2.41. The second-order valence-corrected chi connectivity index (χ2v) is 4.67. The molecule has 1 saturated heterocycles. The highest BCUT2D eigenvalue weighted by Crippen LogP contribution is 2.40. The van der Waals surface area contributed by atoms with Gasteiger partial charge in [0.2, 0.25) is 0 Å². The van der Waals surface area contributed by atoms with Gasteiger partial charge in [-0.25, -0.2) is 0 Å². The van der Waals surface area contributed by atoms with Crippen LogP contribution in [0, 0.1) is 10.1 Å². The fraction of sp³-hybridized carbons (Fsp3) is 0.538. The molecule has 0 bridgehead atoms. The number of methoxy groups -OCH3 is 2. The number of piperidine rings is 1. The lowest BCUT2D eigenvalue weighted by Crippen LogP contribution is -2.36. The molecule has 0 unspecified atom stereocenters. The molecule has 7 heteroatoms. The first-order valence-electron chi connectivity index (χ1n) is 6.40. The van der Waals surface area contributed by atoms with E-state index in [1.165, 1.54) is 20.3 Å². The van der Waals surface area contributed by atoms with Gasteiger partial charge in [-0.15, -0.1) is 0 Å². The molecule has 0 aromatic heterocycles. The van der Waals surface area contributed by atoms with Crippen molar-refractivity contribution < 1.29 is 19.5 Å². The number of rotatable bonds is 4. The summed E-state index contributed by atoms with van der Waals surface area (Å²) in [6.07, 6.45) is 0.877. The van der Waals surface area contributed by atoms with Gasteiger partial charge < -0.3 is 19.5 Å². The van der Waals surface area contributed by atoms with E-state index in [4.69, 9.17) is 9.47 Å². The third-order valence-corrected chi connectivity index (χ3v) is 3.48. The minimum absolute atomic E-state index is 0.0148. The molecule has 1 aromatic carbocycles. The number of nitro benzene ring substituents is 1. The number of ether oxygens (including phenoxy) is 2. The molecule has 1 aliphatic rings. The van der Waals surface area contributed by atoms with Crippen LogP contribution in [-0.4, -0.2) is 43.4 Å². The summed E-state index contributed by atoms with van der Waals surface area (Å²) in [6, 6.07) is 2.99. The van der Waals surface area contributed by atoms with Crippen LogP contribution in [0.4, 0.5) is 11.4 Å². The fourth-order valence-electron chi connectivity index (χ4n) is 2.36. The summed E-state index contributed by atoms with van der Waals surface area (Å²) in [6.45, 7) is 1.16. The Morgan fingerprint density at radius 2 is 1.80 bits per heavy atom. The number of nitrogens with zero attached hydrogens (tertiary/aromatic N) is 2. The average molecular weight is 282 g/mol. The van der Waals surface area contributed by atoms with Gasteiger partial charge in [0.1, 0.15) is 5.69 Å². The Morgan fingerprint density at radius 3 is 2.30 bits per heavy atom. The molecule has 1 aromatic rings. The molecule has 7 nitrogen and oxygen atoms in total. The van der Waals surface area contributed by atoms with Crippen LogP contribution in [0.2, 0.25) is 0 Å². The maximum absolute atomic E-state index is 11.2. The Labute approximate surface area is 116 Å². The number of nitro groups is 1. The highest BCUT2D eigenvalue weighted by Gasteiger charge is 2.26. The number of anilines is 1. The van der Waals surface area contributed by atoms with Crippen molar-refractivity contribution in [3.05, 3.63) is 22.2 Å². The Kier molecular flexibility index (Phi) is 4.29. The fourth-order valence-corrected chi connectivity index (χ4v) is 2.36. The van der Waals surface area contributed by atoms with Crippen LogP contribution in [0.25, 0.3) is 0 Å². The molecular formula is C13H18N2O5. The zero-order valence-corrected chi connectivity index (χ0v) is 11.5. The van der Waals surface area contributed by atoms with E-state index in [9.17, 15) is 15.2 Å². The smallest absolute Gasteiger partial charge is 0.296 e. The molecule has 0 aliphatic carbocycles. The third-order valence-electron chi connectivity index (χ3n) is 3.48. The van der Waals surface area contributed by atoms with Gasteiger partial charge in [-0.3, -0.25) is 10.1 Å². The molecule has 0 radical (unpaired) electrons.